The molecule has 0 radical (unpaired) electrons. The van der Waals surface area contributed by atoms with Crippen molar-refractivity contribution < 1.29 is 14.3 Å². The van der Waals surface area contributed by atoms with E-state index in [0.717, 1.165) is 0 Å². The van der Waals surface area contributed by atoms with Crippen molar-refractivity contribution in [1.82, 2.24) is 0 Å². The van der Waals surface area contributed by atoms with Crippen LogP contribution in [0.15, 0.2) is 29.6 Å². The zero-order valence-electron chi connectivity index (χ0n) is 11.8. The topological polar surface area (TPSA) is 81.4 Å². The normalized spacial score (nSPS) is 10.2. The second-order valence-corrected chi connectivity index (χ2v) is 5.27. The number of carbonyl (C=O) groups is 2. The first-order valence-corrected chi connectivity index (χ1v) is 7.33. The highest BCUT2D eigenvalue weighted by molar-refractivity contribution is 7.14. The molecule has 0 saturated heterocycles. The van der Waals surface area contributed by atoms with Crippen LogP contribution in [0.25, 0.3) is 0 Å². The van der Waals surface area contributed by atoms with Crippen molar-refractivity contribution in [2.45, 2.75) is 13.8 Å². The third-order valence-electron chi connectivity index (χ3n) is 3.01. The van der Waals surface area contributed by atoms with Crippen LogP contribution in [0, 0.1) is 6.92 Å². The summed E-state index contributed by atoms with van der Waals surface area (Å²) in [5.74, 6) is -0.744. The van der Waals surface area contributed by atoms with Crippen LogP contribution in [0.1, 0.15) is 33.2 Å². The maximum absolute atomic E-state index is 12.3. The van der Waals surface area contributed by atoms with Crippen molar-refractivity contribution in [3.05, 3.63) is 46.3 Å². The van der Waals surface area contributed by atoms with Crippen LogP contribution in [-0.2, 0) is 4.74 Å². The highest BCUT2D eigenvalue weighted by Gasteiger charge is 2.18. The number of nitrogens with two attached hydrogens (primary N) is 1. The van der Waals surface area contributed by atoms with Gasteiger partial charge in [0, 0.05) is 11.3 Å². The quantitative estimate of drug-likeness (QED) is 0.672. The van der Waals surface area contributed by atoms with Crippen LogP contribution in [0.4, 0.5) is 10.7 Å². The number of ether oxygens (including phenoxy) is 1. The van der Waals surface area contributed by atoms with Gasteiger partial charge in [-0.05, 0) is 43.0 Å². The molecule has 0 atom stereocenters. The summed E-state index contributed by atoms with van der Waals surface area (Å²) in [7, 11) is 0. The van der Waals surface area contributed by atoms with Crippen molar-refractivity contribution in [2.24, 2.45) is 0 Å². The van der Waals surface area contributed by atoms with E-state index in [1.807, 2.05) is 0 Å². The number of anilines is 2. The minimum atomic E-state index is -0.446. The summed E-state index contributed by atoms with van der Waals surface area (Å²) in [5, 5.41) is 4.94. The van der Waals surface area contributed by atoms with Crippen molar-refractivity contribution in [3.63, 3.8) is 0 Å². The van der Waals surface area contributed by atoms with E-state index in [4.69, 9.17) is 10.5 Å². The third kappa shape index (κ3) is 3.22. The monoisotopic (exact) mass is 304 g/mol. The van der Waals surface area contributed by atoms with Crippen molar-refractivity contribution in [2.75, 3.05) is 17.7 Å². The fourth-order valence-corrected chi connectivity index (χ4v) is 2.62. The zero-order chi connectivity index (χ0) is 15.4. The Morgan fingerprint density at radius 2 is 2.05 bits per heavy atom. The molecule has 1 aromatic heterocycles. The second kappa shape index (κ2) is 6.41. The molecule has 1 amide bonds. The molecule has 3 N–H and O–H groups in total. The standard InChI is InChI=1S/C15H16N2O3S/c1-3-20-15(19)11-7-8-21-14(11)17-13(18)10-5-4-6-12(16)9(10)2/h4-8H,3,16H2,1-2H3,(H,17,18). The first kappa shape index (κ1) is 15.1. The van der Waals surface area contributed by atoms with Gasteiger partial charge in [-0.25, -0.2) is 4.79 Å². The van der Waals surface area contributed by atoms with Crippen LogP contribution < -0.4 is 11.1 Å². The molecule has 21 heavy (non-hydrogen) atoms. The van der Waals surface area contributed by atoms with Crippen LogP contribution >= 0.6 is 11.3 Å². The number of esters is 1. The predicted octanol–water partition coefficient (Wildman–Crippen LogP) is 3.07. The number of nitrogens with one attached hydrogen (secondary N) is 1. The lowest BCUT2D eigenvalue weighted by molar-refractivity contribution is 0.0528. The number of amides is 1. The van der Waals surface area contributed by atoms with Gasteiger partial charge in [-0.15, -0.1) is 11.3 Å². The Hall–Kier alpha value is -2.34. The molecule has 110 valence electrons. The van der Waals surface area contributed by atoms with E-state index in [2.05, 4.69) is 5.32 Å². The lowest BCUT2D eigenvalue weighted by Gasteiger charge is -2.09. The first-order valence-electron chi connectivity index (χ1n) is 6.45. The Balaban J connectivity index is 2.23. The van der Waals surface area contributed by atoms with Gasteiger partial charge in [0.25, 0.3) is 5.91 Å². The van der Waals surface area contributed by atoms with Gasteiger partial charge in [-0.3, -0.25) is 4.79 Å². The molecule has 1 heterocycles. The molecule has 0 fully saturated rings. The smallest absolute Gasteiger partial charge is 0.341 e. The molecule has 0 aliphatic carbocycles. The van der Waals surface area contributed by atoms with Gasteiger partial charge in [0.05, 0.1) is 12.2 Å². The summed E-state index contributed by atoms with van der Waals surface area (Å²) >= 11 is 1.27. The molecule has 0 unspecified atom stereocenters. The number of nitrogen functional groups attached to an aromatic ring is 1. The molecule has 0 saturated carbocycles. The van der Waals surface area contributed by atoms with E-state index in [1.165, 1.54) is 11.3 Å². The highest BCUT2D eigenvalue weighted by atomic mass is 32.1. The molecule has 0 spiro atoms. The molecule has 0 aliphatic rings. The predicted molar refractivity (Wildman–Crippen MR) is 83.8 cm³/mol. The van der Waals surface area contributed by atoms with Gasteiger partial charge >= 0.3 is 5.97 Å². The molecule has 0 aliphatic heterocycles. The van der Waals surface area contributed by atoms with Crippen molar-refractivity contribution in [1.29, 1.82) is 0 Å². The molecular weight excluding hydrogens is 288 g/mol. The number of rotatable bonds is 4. The van der Waals surface area contributed by atoms with Gasteiger partial charge in [-0.2, -0.15) is 0 Å². The molecule has 1 aromatic carbocycles. The van der Waals surface area contributed by atoms with E-state index in [1.54, 1.807) is 43.5 Å². The number of carbonyl (C=O) groups excluding carboxylic acids is 2. The van der Waals surface area contributed by atoms with Gasteiger partial charge in [-0.1, -0.05) is 6.07 Å². The largest absolute Gasteiger partial charge is 0.462 e. The summed E-state index contributed by atoms with van der Waals surface area (Å²) in [6, 6.07) is 6.78. The van der Waals surface area contributed by atoms with E-state index in [9.17, 15) is 9.59 Å². The minimum absolute atomic E-state index is 0.288. The SMILES string of the molecule is CCOC(=O)c1ccsc1NC(=O)c1cccc(N)c1C. The third-order valence-corrected chi connectivity index (χ3v) is 3.84. The molecule has 6 heteroatoms. The minimum Gasteiger partial charge on any atom is -0.462 e. The Labute approximate surface area is 126 Å². The second-order valence-electron chi connectivity index (χ2n) is 4.36. The fraction of sp³-hybridized carbons (Fsp3) is 0.200. The summed E-state index contributed by atoms with van der Waals surface area (Å²) < 4.78 is 4.95. The lowest BCUT2D eigenvalue weighted by atomic mass is 10.1. The molecule has 2 rings (SSSR count). The summed E-state index contributed by atoms with van der Waals surface area (Å²) in [6.07, 6.45) is 0. The van der Waals surface area contributed by atoms with Gasteiger partial charge in [0.2, 0.25) is 0 Å². The first-order chi connectivity index (χ1) is 10.0. The summed E-state index contributed by atoms with van der Waals surface area (Å²) in [5.41, 5.74) is 7.91. The van der Waals surface area contributed by atoms with Crippen LogP contribution in [0.2, 0.25) is 0 Å². The number of hydrogen-bond acceptors (Lipinski definition) is 5. The van der Waals surface area contributed by atoms with Gasteiger partial charge in [0.15, 0.2) is 0 Å². The zero-order valence-corrected chi connectivity index (χ0v) is 12.6. The van der Waals surface area contributed by atoms with E-state index < -0.39 is 5.97 Å². The van der Waals surface area contributed by atoms with Gasteiger partial charge in [0.1, 0.15) is 5.00 Å². The maximum atomic E-state index is 12.3. The Morgan fingerprint density at radius 3 is 2.76 bits per heavy atom. The lowest BCUT2D eigenvalue weighted by Crippen LogP contribution is -2.15. The molecule has 5 nitrogen and oxygen atoms in total. The summed E-state index contributed by atoms with van der Waals surface area (Å²) in [6.45, 7) is 3.81. The van der Waals surface area contributed by atoms with E-state index >= 15 is 0 Å². The van der Waals surface area contributed by atoms with E-state index in [-0.39, 0.29) is 12.5 Å². The van der Waals surface area contributed by atoms with Crippen molar-refractivity contribution in [3.8, 4) is 0 Å². The average molecular weight is 304 g/mol. The number of thiophene rings is 1. The van der Waals surface area contributed by atoms with Crippen LogP contribution in [0.5, 0.6) is 0 Å². The molecular formula is C15H16N2O3S. The van der Waals surface area contributed by atoms with Crippen LogP contribution in [-0.4, -0.2) is 18.5 Å². The van der Waals surface area contributed by atoms with E-state index in [0.29, 0.717) is 27.4 Å². The summed E-state index contributed by atoms with van der Waals surface area (Å²) in [4.78, 5) is 24.1. The Kier molecular flexibility index (Phi) is 4.59. The average Bonchev–Trinajstić information content (AvgIpc) is 2.90. The number of hydrogen-bond donors (Lipinski definition) is 2. The molecule has 0 bridgehead atoms. The highest BCUT2D eigenvalue weighted by Crippen LogP contribution is 2.25. The van der Waals surface area contributed by atoms with Crippen LogP contribution in [0.3, 0.4) is 0 Å². The Morgan fingerprint density at radius 1 is 1.29 bits per heavy atom. The van der Waals surface area contributed by atoms with Crippen molar-refractivity contribution >= 4 is 33.9 Å². The van der Waals surface area contributed by atoms with Gasteiger partial charge < -0.3 is 15.8 Å². The number of benzene rings is 1. The molecule has 2 aromatic rings. The Bertz CT molecular complexity index is 679. The maximum Gasteiger partial charge on any atom is 0.341 e. The fourth-order valence-electron chi connectivity index (χ4n) is 1.85.